The molecule has 0 bridgehead atoms. The Hall–Kier alpha value is -1.95. The second kappa shape index (κ2) is 7.35. The highest BCUT2D eigenvalue weighted by Crippen LogP contribution is 2.27. The second-order valence-electron chi connectivity index (χ2n) is 5.93. The van der Waals surface area contributed by atoms with Crippen molar-refractivity contribution in [3.63, 3.8) is 0 Å². The second-order valence-corrected chi connectivity index (χ2v) is 5.93. The molecular formula is C16H24N4O2. The lowest BCUT2D eigenvalue weighted by atomic mass is 9.98. The van der Waals surface area contributed by atoms with E-state index in [1.807, 2.05) is 18.2 Å². The summed E-state index contributed by atoms with van der Waals surface area (Å²) in [4.78, 5) is 29.9. The van der Waals surface area contributed by atoms with Gasteiger partial charge in [-0.05, 0) is 25.0 Å². The van der Waals surface area contributed by atoms with E-state index in [-0.39, 0.29) is 18.4 Å². The first-order valence-corrected chi connectivity index (χ1v) is 7.72. The molecule has 1 fully saturated rings. The Kier molecular flexibility index (Phi) is 5.49. The van der Waals surface area contributed by atoms with Gasteiger partial charge >= 0.3 is 0 Å². The lowest BCUT2D eigenvalue weighted by Crippen LogP contribution is -2.53. The first-order chi connectivity index (χ1) is 10.5. The van der Waals surface area contributed by atoms with Gasteiger partial charge in [0.2, 0.25) is 11.8 Å². The van der Waals surface area contributed by atoms with Crippen LogP contribution in [-0.4, -0.2) is 47.4 Å². The maximum absolute atomic E-state index is 12.1. The minimum atomic E-state index is -0.785. The normalized spacial score (nSPS) is 16.3. The third kappa shape index (κ3) is 4.27. The van der Waals surface area contributed by atoms with Gasteiger partial charge in [0.1, 0.15) is 0 Å². The molecule has 2 amide bonds. The molecule has 2 rings (SSSR count). The van der Waals surface area contributed by atoms with Crippen molar-refractivity contribution in [3.05, 3.63) is 30.1 Å². The molecule has 1 aromatic rings. The fourth-order valence-corrected chi connectivity index (χ4v) is 2.65. The average molecular weight is 304 g/mol. The zero-order valence-electron chi connectivity index (χ0n) is 13.0. The molecule has 6 nitrogen and oxygen atoms in total. The zero-order valence-corrected chi connectivity index (χ0v) is 13.0. The van der Waals surface area contributed by atoms with E-state index in [1.54, 1.807) is 18.1 Å². The summed E-state index contributed by atoms with van der Waals surface area (Å²) in [7, 11) is 1.73. The molecule has 0 atom stereocenters. The van der Waals surface area contributed by atoms with Crippen LogP contribution in [0.1, 0.15) is 31.4 Å². The molecule has 22 heavy (non-hydrogen) atoms. The Morgan fingerprint density at radius 1 is 1.36 bits per heavy atom. The molecule has 0 saturated heterocycles. The summed E-state index contributed by atoms with van der Waals surface area (Å²) >= 11 is 0. The number of amides is 2. The van der Waals surface area contributed by atoms with Gasteiger partial charge in [-0.3, -0.25) is 14.6 Å². The van der Waals surface area contributed by atoms with Crippen molar-refractivity contribution in [2.24, 2.45) is 5.73 Å². The minimum absolute atomic E-state index is 0.00347. The Labute approximate surface area is 131 Å². The lowest BCUT2D eigenvalue weighted by molar-refractivity contribution is -0.133. The van der Waals surface area contributed by atoms with Crippen LogP contribution in [0.4, 0.5) is 0 Å². The Balaban J connectivity index is 1.73. The third-order valence-corrected chi connectivity index (χ3v) is 4.20. The Bertz CT molecular complexity index is 512. The molecule has 1 heterocycles. The maximum Gasteiger partial charge on any atom is 0.241 e. The van der Waals surface area contributed by atoms with Gasteiger partial charge in [0, 0.05) is 31.9 Å². The number of pyridine rings is 1. The molecule has 0 unspecified atom stereocenters. The highest BCUT2D eigenvalue weighted by molar-refractivity contribution is 5.90. The largest absolute Gasteiger partial charge is 0.345 e. The summed E-state index contributed by atoms with van der Waals surface area (Å²) in [5.41, 5.74) is 6.21. The predicted molar refractivity (Wildman–Crippen MR) is 84.0 cm³/mol. The summed E-state index contributed by atoms with van der Waals surface area (Å²) in [6.07, 6.45) is 5.77. The van der Waals surface area contributed by atoms with Crippen LogP contribution < -0.4 is 11.1 Å². The number of nitrogens with zero attached hydrogens (tertiary/aromatic N) is 2. The van der Waals surface area contributed by atoms with Gasteiger partial charge < -0.3 is 16.0 Å². The summed E-state index contributed by atoms with van der Waals surface area (Å²) < 4.78 is 0. The standard InChI is InChI=1S/C16H24N4O2/c1-20(11-7-13-6-2-5-10-18-13)14(21)12-19-15(22)16(17)8-3-4-9-16/h2,5-6,10H,3-4,7-9,11-12,17H2,1H3,(H,19,22). The van der Waals surface area contributed by atoms with Gasteiger partial charge in [-0.25, -0.2) is 0 Å². The van der Waals surface area contributed by atoms with Gasteiger partial charge in [0.05, 0.1) is 12.1 Å². The molecule has 0 spiro atoms. The number of carbonyl (C=O) groups is 2. The van der Waals surface area contributed by atoms with Gasteiger partial charge in [-0.15, -0.1) is 0 Å². The molecule has 120 valence electrons. The molecule has 1 aliphatic carbocycles. The number of hydrogen-bond acceptors (Lipinski definition) is 4. The summed E-state index contributed by atoms with van der Waals surface area (Å²) in [6, 6.07) is 5.71. The van der Waals surface area contributed by atoms with Gasteiger partial charge in [-0.1, -0.05) is 18.9 Å². The summed E-state index contributed by atoms with van der Waals surface area (Å²) in [6.45, 7) is 0.565. The molecule has 1 aliphatic rings. The third-order valence-electron chi connectivity index (χ3n) is 4.20. The first kappa shape index (κ1) is 16.4. The van der Waals surface area contributed by atoms with Crippen LogP contribution in [0.5, 0.6) is 0 Å². The van der Waals surface area contributed by atoms with Crippen molar-refractivity contribution >= 4 is 11.8 Å². The van der Waals surface area contributed by atoms with Crippen LogP contribution >= 0.6 is 0 Å². The van der Waals surface area contributed by atoms with Crippen LogP contribution in [0.15, 0.2) is 24.4 Å². The van der Waals surface area contributed by atoms with Crippen molar-refractivity contribution in [1.29, 1.82) is 0 Å². The Morgan fingerprint density at radius 2 is 2.09 bits per heavy atom. The fourth-order valence-electron chi connectivity index (χ4n) is 2.65. The van der Waals surface area contributed by atoms with E-state index in [0.29, 0.717) is 25.8 Å². The predicted octanol–water partition coefficient (Wildman–Crippen LogP) is 0.470. The number of likely N-dealkylation sites (N-methyl/N-ethyl adjacent to an activating group) is 1. The zero-order chi connectivity index (χ0) is 16.0. The molecule has 0 radical (unpaired) electrons. The van der Waals surface area contributed by atoms with Gasteiger partial charge in [0.15, 0.2) is 0 Å². The smallest absolute Gasteiger partial charge is 0.241 e. The van der Waals surface area contributed by atoms with E-state index < -0.39 is 5.54 Å². The molecule has 1 aromatic heterocycles. The van der Waals surface area contributed by atoms with E-state index in [9.17, 15) is 9.59 Å². The van der Waals surface area contributed by atoms with E-state index in [4.69, 9.17) is 5.73 Å². The molecule has 3 N–H and O–H groups in total. The van der Waals surface area contributed by atoms with Crippen LogP contribution in [-0.2, 0) is 16.0 Å². The SMILES string of the molecule is CN(CCc1ccccn1)C(=O)CNC(=O)C1(N)CCCC1. The van der Waals surface area contributed by atoms with E-state index >= 15 is 0 Å². The van der Waals surface area contributed by atoms with E-state index in [1.165, 1.54) is 0 Å². The maximum atomic E-state index is 12.1. The quantitative estimate of drug-likeness (QED) is 0.799. The van der Waals surface area contributed by atoms with Crippen molar-refractivity contribution in [2.45, 2.75) is 37.6 Å². The highest BCUT2D eigenvalue weighted by Gasteiger charge is 2.36. The van der Waals surface area contributed by atoms with Gasteiger partial charge in [0.25, 0.3) is 0 Å². The van der Waals surface area contributed by atoms with E-state index in [0.717, 1.165) is 18.5 Å². The number of rotatable bonds is 6. The van der Waals surface area contributed by atoms with Crippen LogP contribution in [0.3, 0.4) is 0 Å². The lowest BCUT2D eigenvalue weighted by Gasteiger charge is -2.23. The minimum Gasteiger partial charge on any atom is -0.345 e. The van der Waals surface area contributed by atoms with Gasteiger partial charge in [-0.2, -0.15) is 0 Å². The van der Waals surface area contributed by atoms with Crippen LogP contribution in [0.25, 0.3) is 0 Å². The number of carbonyl (C=O) groups excluding carboxylic acids is 2. The molecular weight excluding hydrogens is 280 g/mol. The highest BCUT2D eigenvalue weighted by atomic mass is 16.2. The molecule has 6 heteroatoms. The van der Waals surface area contributed by atoms with E-state index in [2.05, 4.69) is 10.3 Å². The van der Waals surface area contributed by atoms with Crippen molar-refractivity contribution in [3.8, 4) is 0 Å². The number of hydrogen-bond donors (Lipinski definition) is 2. The first-order valence-electron chi connectivity index (χ1n) is 7.72. The molecule has 1 saturated carbocycles. The topological polar surface area (TPSA) is 88.3 Å². The summed E-state index contributed by atoms with van der Waals surface area (Å²) in [5, 5.41) is 2.67. The van der Waals surface area contributed by atoms with Crippen molar-refractivity contribution in [2.75, 3.05) is 20.1 Å². The number of nitrogens with two attached hydrogens (primary N) is 1. The van der Waals surface area contributed by atoms with Crippen LogP contribution in [0, 0.1) is 0 Å². The van der Waals surface area contributed by atoms with Crippen LogP contribution in [0.2, 0.25) is 0 Å². The Morgan fingerprint density at radius 3 is 2.73 bits per heavy atom. The molecule has 0 aliphatic heterocycles. The monoisotopic (exact) mass is 304 g/mol. The molecule has 0 aromatic carbocycles. The average Bonchev–Trinajstić information content (AvgIpc) is 2.99. The summed E-state index contributed by atoms with van der Waals surface area (Å²) in [5.74, 6) is -0.331. The van der Waals surface area contributed by atoms with Crippen molar-refractivity contribution in [1.82, 2.24) is 15.2 Å². The van der Waals surface area contributed by atoms with Crippen molar-refractivity contribution < 1.29 is 9.59 Å². The number of aromatic nitrogens is 1. The number of nitrogens with one attached hydrogen (secondary N) is 1. The fraction of sp³-hybridized carbons (Fsp3) is 0.562.